The number of likely N-dealkylation sites (tertiary alicyclic amines) is 1. The Morgan fingerprint density at radius 3 is 2.57 bits per heavy atom. The predicted molar refractivity (Wildman–Crippen MR) is 155 cm³/mol. The summed E-state index contributed by atoms with van der Waals surface area (Å²) in [6, 6.07) is 23.0. The third kappa shape index (κ3) is 5.23. The lowest BCUT2D eigenvalue weighted by molar-refractivity contribution is -0.140. The van der Waals surface area contributed by atoms with Crippen LogP contribution >= 0.6 is 0 Å². The Bertz CT molecular complexity index is 1640. The van der Waals surface area contributed by atoms with Gasteiger partial charge in [0.2, 0.25) is 0 Å². The monoisotopic (exact) mass is 565 g/mol. The van der Waals surface area contributed by atoms with Gasteiger partial charge in [-0.1, -0.05) is 36.4 Å². The van der Waals surface area contributed by atoms with Crippen LogP contribution in [0.1, 0.15) is 47.9 Å². The molecule has 2 aliphatic heterocycles. The first kappa shape index (κ1) is 27.2. The first-order chi connectivity index (χ1) is 20.4. The highest BCUT2D eigenvalue weighted by Gasteiger charge is 2.46. The van der Waals surface area contributed by atoms with Gasteiger partial charge < -0.3 is 28.6 Å². The SMILES string of the molecule is CCOc1cc([C@H]2/C(=C(\O)c3ccc4c(c3)C[C@H](C)O4)C(=O)C(=O)N2Cc2ccco2)ccc1OCc1ccccc1. The molecule has 6 rings (SSSR count). The number of amides is 1. The number of ether oxygens (including phenoxy) is 3. The highest BCUT2D eigenvalue weighted by atomic mass is 16.5. The number of hydrogen-bond acceptors (Lipinski definition) is 7. The molecule has 3 heterocycles. The number of aliphatic hydroxyl groups excluding tert-OH is 1. The Balaban J connectivity index is 1.42. The molecule has 2 aliphatic rings. The van der Waals surface area contributed by atoms with Crippen molar-refractivity contribution in [3.8, 4) is 17.2 Å². The summed E-state index contributed by atoms with van der Waals surface area (Å²) in [5.74, 6) is 0.526. The first-order valence-electron chi connectivity index (χ1n) is 14.0. The minimum atomic E-state index is -0.888. The van der Waals surface area contributed by atoms with Crippen molar-refractivity contribution in [1.29, 1.82) is 0 Å². The molecule has 0 bridgehead atoms. The Morgan fingerprint density at radius 2 is 1.81 bits per heavy atom. The molecule has 0 aliphatic carbocycles. The number of hydrogen-bond donors (Lipinski definition) is 1. The van der Waals surface area contributed by atoms with Gasteiger partial charge in [0.25, 0.3) is 11.7 Å². The second kappa shape index (κ2) is 11.5. The molecule has 8 heteroatoms. The number of benzene rings is 3. The fourth-order valence-corrected chi connectivity index (χ4v) is 5.50. The van der Waals surface area contributed by atoms with E-state index in [1.54, 1.807) is 42.5 Å². The van der Waals surface area contributed by atoms with Gasteiger partial charge in [-0.05, 0) is 73.0 Å². The van der Waals surface area contributed by atoms with E-state index in [2.05, 4.69) is 0 Å². The maximum absolute atomic E-state index is 13.5. The van der Waals surface area contributed by atoms with Crippen molar-refractivity contribution in [3.63, 3.8) is 0 Å². The Labute approximate surface area is 243 Å². The maximum atomic E-state index is 13.5. The van der Waals surface area contributed by atoms with E-state index >= 15 is 0 Å². The molecule has 1 aromatic heterocycles. The van der Waals surface area contributed by atoms with E-state index in [9.17, 15) is 14.7 Å². The van der Waals surface area contributed by atoms with Crippen LogP contribution in [0, 0.1) is 0 Å². The van der Waals surface area contributed by atoms with Crippen LogP contribution in [-0.4, -0.2) is 34.4 Å². The number of Topliss-reactive ketones (excluding diaryl/α,β-unsaturated/α-hetero) is 1. The number of carbonyl (C=O) groups excluding carboxylic acids is 2. The maximum Gasteiger partial charge on any atom is 0.296 e. The van der Waals surface area contributed by atoms with Gasteiger partial charge in [0.15, 0.2) is 11.5 Å². The van der Waals surface area contributed by atoms with Gasteiger partial charge in [0, 0.05) is 12.0 Å². The topological polar surface area (TPSA) is 98.4 Å². The molecule has 2 atom stereocenters. The summed E-state index contributed by atoms with van der Waals surface area (Å²) in [6.45, 7) is 4.62. The normalized spacial score (nSPS) is 19.0. The lowest BCUT2D eigenvalue weighted by atomic mass is 9.94. The van der Waals surface area contributed by atoms with Gasteiger partial charge in [-0.3, -0.25) is 9.59 Å². The lowest BCUT2D eigenvalue weighted by Gasteiger charge is -2.25. The smallest absolute Gasteiger partial charge is 0.296 e. The standard InChI is InChI=1S/C34H31NO7/c1-3-39-29-18-23(11-14-28(29)41-20-22-8-5-4-6-9-22)31-30(33(37)34(38)35(31)19-26-10-7-15-40-26)32(36)24-12-13-27-25(17-24)16-21(2)42-27/h4-15,17-18,21,31,36H,3,16,19-20H2,1-2H3/b32-30+/t21-,31-/m0/s1. The summed E-state index contributed by atoms with van der Waals surface area (Å²) >= 11 is 0. The largest absolute Gasteiger partial charge is 0.507 e. The first-order valence-corrected chi connectivity index (χ1v) is 14.0. The number of rotatable bonds is 9. The average molecular weight is 566 g/mol. The summed E-state index contributed by atoms with van der Waals surface area (Å²) in [5.41, 5.74) is 2.98. The molecule has 1 fully saturated rings. The van der Waals surface area contributed by atoms with E-state index in [-0.39, 0.29) is 24.0 Å². The van der Waals surface area contributed by atoms with Gasteiger partial charge in [0.1, 0.15) is 30.0 Å². The Hall–Kier alpha value is -4.98. The van der Waals surface area contributed by atoms with Gasteiger partial charge in [-0.2, -0.15) is 0 Å². The van der Waals surface area contributed by atoms with Gasteiger partial charge in [0.05, 0.1) is 31.0 Å². The molecule has 42 heavy (non-hydrogen) atoms. The molecular weight excluding hydrogens is 534 g/mol. The van der Waals surface area contributed by atoms with Crippen LogP contribution in [0.2, 0.25) is 0 Å². The lowest BCUT2D eigenvalue weighted by Crippen LogP contribution is -2.29. The quantitative estimate of drug-likeness (QED) is 0.147. The van der Waals surface area contributed by atoms with Crippen molar-refractivity contribution >= 4 is 17.4 Å². The van der Waals surface area contributed by atoms with Crippen LogP contribution in [0.4, 0.5) is 0 Å². The van der Waals surface area contributed by atoms with Crippen molar-refractivity contribution in [3.05, 3.63) is 119 Å². The van der Waals surface area contributed by atoms with E-state index in [1.165, 1.54) is 11.2 Å². The van der Waals surface area contributed by atoms with Crippen LogP contribution in [0.3, 0.4) is 0 Å². The van der Waals surface area contributed by atoms with E-state index in [0.717, 1.165) is 16.9 Å². The fraction of sp³-hybridized carbons (Fsp3) is 0.235. The van der Waals surface area contributed by atoms with E-state index in [0.29, 0.717) is 48.0 Å². The highest BCUT2D eigenvalue weighted by Crippen LogP contribution is 2.43. The van der Waals surface area contributed by atoms with E-state index in [1.807, 2.05) is 50.2 Å². The molecular formula is C34H31NO7. The van der Waals surface area contributed by atoms with Crippen molar-refractivity contribution in [2.45, 2.75) is 45.6 Å². The summed E-state index contributed by atoms with van der Waals surface area (Å²) in [4.78, 5) is 28.4. The van der Waals surface area contributed by atoms with Crippen molar-refractivity contribution < 1.29 is 33.3 Å². The number of nitrogens with zero attached hydrogens (tertiary/aromatic N) is 1. The Morgan fingerprint density at radius 1 is 0.976 bits per heavy atom. The zero-order valence-corrected chi connectivity index (χ0v) is 23.4. The van der Waals surface area contributed by atoms with Crippen LogP contribution in [-0.2, 0) is 29.2 Å². The number of fused-ring (bicyclic) bond motifs is 1. The molecule has 1 amide bonds. The van der Waals surface area contributed by atoms with Crippen molar-refractivity contribution in [1.82, 2.24) is 4.90 Å². The predicted octanol–water partition coefficient (Wildman–Crippen LogP) is 6.20. The molecule has 3 aromatic carbocycles. The molecule has 0 saturated carbocycles. The third-order valence-corrected chi connectivity index (χ3v) is 7.44. The molecule has 0 radical (unpaired) electrons. The number of aliphatic hydroxyl groups is 1. The van der Waals surface area contributed by atoms with Crippen LogP contribution in [0.25, 0.3) is 5.76 Å². The summed E-state index contributed by atoms with van der Waals surface area (Å²) in [7, 11) is 0. The van der Waals surface area contributed by atoms with Crippen LogP contribution < -0.4 is 14.2 Å². The van der Waals surface area contributed by atoms with Crippen LogP contribution in [0.5, 0.6) is 17.2 Å². The zero-order chi connectivity index (χ0) is 29.2. The molecule has 1 saturated heterocycles. The minimum absolute atomic E-state index is 0.00104. The van der Waals surface area contributed by atoms with Crippen molar-refractivity contribution in [2.75, 3.05) is 6.61 Å². The Kier molecular flexibility index (Phi) is 7.44. The molecule has 0 spiro atoms. The average Bonchev–Trinajstić information content (AvgIpc) is 3.71. The second-order valence-electron chi connectivity index (χ2n) is 10.4. The second-order valence-corrected chi connectivity index (χ2v) is 10.4. The number of furan rings is 1. The number of ketones is 1. The fourth-order valence-electron chi connectivity index (χ4n) is 5.50. The van der Waals surface area contributed by atoms with E-state index < -0.39 is 17.7 Å². The minimum Gasteiger partial charge on any atom is -0.507 e. The van der Waals surface area contributed by atoms with Crippen LogP contribution in [0.15, 0.2) is 95.1 Å². The van der Waals surface area contributed by atoms with Gasteiger partial charge in [-0.15, -0.1) is 0 Å². The molecule has 214 valence electrons. The molecule has 0 unspecified atom stereocenters. The van der Waals surface area contributed by atoms with Gasteiger partial charge in [-0.25, -0.2) is 0 Å². The molecule has 1 N–H and O–H groups in total. The zero-order valence-electron chi connectivity index (χ0n) is 23.4. The van der Waals surface area contributed by atoms with Crippen molar-refractivity contribution in [2.24, 2.45) is 0 Å². The summed E-state index contributed by atoms with van der Waals surface area (Å²) in [5, 5.41) is 11.6. The highest BCUT2D eigenvalue weighted by molar-refractivity contribution is 6.46. The summed E-state index contributed by atoms with van der Waals surface area (Å²) < 4.78 is 23.3. The molecule has 8 nitrogen and oxygen atoms in total. The van der Waals surface area contributed by atoms with Gasteiger partial charge >= 0.3 is 0 Å². The van der Waals surface area contributed by atoms with E-state index in [4.69, 9.17) is 18.6 Å². The summed E-state index contributed by atoms with van der Waals surface area (Å²) in [6.07, 6.45) is 2.23. The molecule has 4 aromatic rings. The number of carbonyl (C=O) groups is 2. The third-order valence-electron chi connectivity index (χ3n) is 7.44.